The zero-order valence-corrected chi connectivity index (χ0v) is 15.5. The third-order valence-corrected chi connectivity index (χ3v) is 6.91. The molecule has 2 aromatic rings. The minimum Gasteiger partial charge on any atom is -0.395 e. The Morgan fingerprint density at radius 3 is 2.42 bits per heavy atom. The molecule has 1 aromatic carbocycles. The number of rotatable bonds is 5. The van der Waals surface area contributed by atoms with E-state index in [-0.39, 0.29) is 24.1 Å². The molecule has 0 unspecified atom stereocenters. The summed E-state index contributed by atoms with van der Waals surface area (Å²) in [5.74, 6) is 0.107. The molecule has 4 rings (SSSR count). The maximum atomic E-state index is 11.9. The van der Waals surface area contributed by atoms with Gasteiger partial charge in [0, 0.05) is 37.8 Å². The van der Waals surface area contributed by atoms with E-state index in [0.29, 0.717) is 19.6 Å². The zero-order valence-electron chi connectivity index (χ0n) is 14.7. The van der Waals surface area contributed by atoms with Crippen molar-refractivity contribution >= 4 is 10.0 Å². The second kappa shape index (κ2) is 6.42. The number of aromatic nitrogens is 1. The predicted molar refractivity (Wildman–Crippen MR) is 99.0 cm³/mol. The molecule has 1 spiro atoms. The van der Waals surface area contributed by atoms with Crippen molar-refractivity contribution in [1.29, 1.82) is 0 Å². The molecule has 2 saturated heterocycles. The molecule has 7 heteroatoms. The number of aliphatic hydroxyl groups excluding tert-OH is 1. The number of sulfonamides is 1. The van der Waals surface area contributed by atoms with Gasteiger partial charge in [0.25, 0.3) is 0 Å². The van der Waals surface area contributed by atoms with Gasteiger partial charge in [-0.15, -0.1) is 0 Å². The molecule has 2 aliphatic heterocycles. The third-order valence-electron chi connectivity index (χ3n) is 5.71. The number of aliphatic hydroxyl groups is 1. The van der Waals surface area contributed by atoms with Crippen molar-refractivity contribution in [1.82, 2.24) is 14.2 Å². The molecular weight excluding hydrogens is 350 g/mol. The Balaban J connectivity index is 1.66. The van der Waals surface area contributed by atoms with Crippen LogP contribution in [0.3, 0.4) is 0 Å². The molecule has 1 N–H and O–H groups in total. The van der Waals surface area contributed by atoms with Crippen molar-refractivity contribution in [2.75, 3.05) is 26.0 Å². The molecule has 138 valence electrons. The number of hydrogen-bond donors (Lipinski definition) is 1. The van der Waals surface area contributed by atoms with E-state index in [1.54, 1.807) is 6.20 Å². The molecule has 0 radical (unpaired) electrons. The number of pyridine rings is 1. The van der Waals surface area contributed by atoms with E-state index >= 15 is 0 Å². The summed E-state index contributed by atoms with van der Waals surface area (Å²) in [6, 6.07) is 15.8. The maximum Gasteiger partial charge on any atom is 0.211 e. The van der Waals surface area contributed by atoms with Crippen molar-refractivity contribution < 1.29 is 13.5 Å². The molecule has 2 fully saturated rings. The monoisotopic (exact) mass is 373 g/mol. The van der Waals surface area contributed by atoms with Gasteiger partial charge in [-0.25, -0.2) is 8.42 Å². The standard InChI is InChI=1S/C19H23N3O3S/c1-26(24,25)21-13-19(14-21)18(15-7-3-2-4-8-15)17(12-23)22(19)11-16-9-5-6-10-20-16/h2-10,17-18,23H,11-14H2,1H3/t17-,18+/m0/s1. The van der Waals surface area contributed by atoms with Crippen LogP contribution in [0.25, 0.3) is 0 Å². The zero-order chi connectivity index (χ0) is 18.4. The molecule has 0 saturated carbocycles. The lowest BCUT2D eigenvalue weighted by atomic mass is 9.61. The highest BCUT2D eigenvalue weighted by atomic mass is 32.2. The highest BCUT2D eigenvalue weighted by Crippen LogP contribution is 2.54. The first-order chi connectivity index (χ1) is 12.5. The van der Waals surface area contributed by atoms with Crippen LogP contribution in [0.15, 0.2) is 54.7 Å². The van der Waals surface area contributed by atoms with Gasteiger partial charge in [-0.1, -0.05) is 36.4 Å². The molecule has 1 aromatic heterocycles. The normalized spacial score (nSPS) is 25.6. The molecule has 26 heavy (non-hydrogen) atoms. The molecule has 0 amide bonds. The second-order valence-corrected chi connectivity index (χ2v) is 9.20. The van der Waals surface area contributed by atoms with E-state index < -0.39 is 10.0 Å². The van der Waals surface area contributed by atoms with Crippen LogP contribution in [-0.4, -0.2) is 65.2 Å². The number of benzene rings is 1. The highest BCUT2D eigenvalue weighted by Gasteiger charge is 2.66. The van der Waals surface area contributed by atoms with Gasteiger partial charge in [0.15, 0.2) is 0 Å². The molecule has 2 atom stereocenters. The van der Waals surface area contributed by atoms with Gasteiger partial charge in [-0.2, -0.15) is 4.31 Å². The number of nitrogens with zero attached hydrogens (tertiary/aromatic N) is 3. The molecule has 6 nitrogen and oxygen atoms in total. The fourth-order valence-electron chi connectivity index (χ4n) is 4.48. The Kier molecular flexibility index (Phi) is 4.35. The van der Waals surface area contributed by atoms with E-state index in [1.807, 2.05) is 36.4 Å². The van der Waals surface area contributed by atoms with Crippen molar-refractivity contribution in [3.8, 4) is 0 Å². The second-order valence-electron chi connectivity index (χ2n) is 7.22. The lowest BCUT2D eigenvalue weighted by molar-refractivity contribution is -0.176. The van der Waals surface area contributed by atoms with E-state index in [1.165, 1.54) is 10.6 Å². The van der Waals surface area contributed by atoms with Crippen LogP contribution in [0, 0.1) is 0 Å². The van der Waals surface area contributed by atoms with Crippen LogP contribution in [0.2, 0.25) is 0 Å². The van der Waals surface area contributed by atoms with Crippen molar-refractivity contribution in [3.63, 3.8) is 0 Å². The van der Waals surface area contributed by atoms with E-state index in [0.717, 1.165) is 11.3 Å². The Labute approximate surface area is 154 Å². The van der Waals surface area contributed by atoms with Gasteiger partial charge < -0.3 is 5.11 Å². The minimum absolute atomic E-state index is 0.0347. The molecule has 0 bridgehead atoms. The SMILES string of the molecule is CS(=O)(=O)N1CC2(C1)[C@H](c1ccccc1)[C@H](CO)N2Cc1ccccn1. The van der Waals surface area contributed by atoms with Crippen LogP contribution < -0.4 is 0 Å². The van der Waals surface area contributed by atoms with Crippen molar-refractivity contribution in [2.24, 2.45) is 0 Å². The predicted octanol–water partition coefficient (Wildman–Crippen LogP) is 1.06. The van der Waals surface area contributed by atoms with Crippen LogP contribution in [0.1, 0.15) is 17.2 Å². The molecule has 0 aliphatic carbocycles. The Bertz CT molecular complexity index is 867. The lowest BCUT2D eigenvalue weighted by Crippen LogP contribution is -2.84. The van der Waals surface area contributed by atoms with Gasteiger partial charge in [0.05, 0.1) is 24.1 Å². The van der Waals surface area contributed by atoms with Crippen molar-refractivity contribution in [3.05, 3.63) is 66.0 Å². The Morgan fingerprint density at radius 1 is 1.15 bits per heavy atom. The van der Waals surface area contributed by atoms with E-state index in [9.17, 15) is 13.5 Å². The van der Waals surface area contributed by atoms with Gasteiger partial charge in [-0.05, 0) is 17.7 Å². The summed E-state index contributed by atoms with van der Waals surface area (Å²) in [6.45, 7) is 1.55. The summed E-state index contributed by atoms with van der Waals surface area (Å²) in [6.07, 6.45) is 3.01. The lowest BCUT2D eigenvalue weighted by Gasteiger charge is -2.70. The summed E-state index contributed by atoms with van der Waals surface area (Å²) in [5.41, 5.74) is 1.79. The minimum atomic E-state index is -3.21. The smallest absolute Gasteiger partial charge is 0.211 e. The van der Waals surface area contributed by atoms with Crippen LogP contribution >= 0.6 is 0 Å². The number of hydrogen-bond acceptors (Lipinski definition) is 5. The largest absolute Gasteiger partial charge is 0.395 e. The van der Waals surface area contributed by atoms with Crippen LogP contribution in [0.4, 0.5) is 0 Å². The summed E-state index contributed by atoms with van der Waals surface area (Å²) >= 11 is 0. The van der Waals surface area contributed by atoms with Gasteiger partial charge >= 0.3 is 0 Å². The molecule has 3 heterocycles. The van der Waals surface area contributed by atoms with Gasteiger partial charge in [0.1, 0.15) is 0 Å². The first-order valence-corrected chi connectivity index (χ1v) is 10.6. The first kappa shape index (κ1) is 17.6. The van der Waals surface area contributed by atoms with Crippen molar-refractivity contribution in [2.45, 2.75) is 24.0 Å². The Hall–Kier alpha value is -1.80. The Morgan fingerprint density at radius 2 is 1.85 bits per heavy atom. The van der Waals surface area contributed by atoms with Gasteiger partial charge in [0.2, 0.25) is 10.0 Å². The highest BCUT2D eigenvalue weighted by molar-refractivity contribution is 7.88. The fraction of sp³-hybridized carbons (Fsp3) is 0.421. The van der Waals surface area contributed by atoms with E-state index in [4.69, 9.17) is 0 Å². The summed E-state index contributed by atoms with van der Waals surface area (Å²) in [5, 5.41) is 10.0. The topological polar surface area (TPSA) is 73.7 Å². The van der Waals surface area contributed by atoms with Crippen LogP contribution in [-0.2, 0) is 16.6 Å². The molecule has 2 aliphatic rings. The summed E-state index contributed by atoms with van der Waals surface area (Å²) in [7, 11) is -3.21. The van der Waals surface area contributed by atoms with E-state index in [2.05, 4.69) is 22.0 Å². The first-order valence-electron chi connectivity index (χ1n) is 8.73. The fourth-order valence-corrected chi connectivity index (χ4v) is 5.40. The summed E-state index contributed by atoms with van der Waals surface area (Å²) < 4.78 is 25.4. The quantitative estimate of drug-likeness (QED) is 0.848. The third kappa shape index (κ3) is 2.75. The van der Waals surface area contributed by atoms with Crippen LogP contribution in [0.5, 0.6) is 0 Å². The number of likely N-dealkylation sites (tertiary alicyclic amines) is 1. The molecular formula is C19H23N3O3S. The average Bonchev–Trinajstić information content (AvgIpc) is 2.58. The van der Waals surface area contributed by atoms with Gasteiger partial charge in [-0.3, -0.25) is 9.88 Å². The maximum absolute atomic E-state index is 11.9. The summed E-state index contributed by atoms with van der Waals surface area (Å²) in [4.78, 5) is 6.63. The average molecular weight is 373 g/mol.